The smallest absolute Gasteiger partial charge is 0.180 e. The Labute approximate surface area is 42.2 Å². The van der Waals surface area contributed by atoms with Gasteiger partial charge in [0.25, 0.3) is 0 Å². The highest BCUT2D eigenvalue weighted by Crippen LogP contribution is 1.72. The fourth-order valence-corrected chi connectivity index (χ4v) is 0.176. The molecule has 1 rings (SSSR count). The Morgan fingerprint density at radius 3 is 2.43 bits per heavy atom. The van der Waals surface area contributed by atoms with E-state index in [2.05, 4.69) is 15.1 Å². The molecular formula is C4H8N2O. The first-order chi connectivity index (χ1) is 3.50. The number of rotatable bonds is 0. The van der Waals surface area contributed by atoms with Gasteiger partial charge in [0, 0.05) is 0 Å². The summed E-state index contributed by atoms with van der Waals surface area (Å²) in [7, 11) is 1.50. The number of hydrogen-bond donors (Lipinski definition) is 1. The quantitative estimate of drug-likeness (QED) is 0.508. The second-order valence-electron chi connectivity index (χ2n) is 0.676. The van der Waals surface area contributed by atoms with Gasteiger partial charge in [0.05, 0.1) is 6.20 Å². The fraction of sp³-hybridized carbons (Fsp3) is 0.250. The first-order valence-corrected chi connectivity index (χ1v) is 1.90. The Bertz CT molecular complexity index is 66.2. The lowest BCUT2D eigenvalue weighted by Crippen LogP contribution is -1.69. The molecule has 0 aromatic carbocycles. The first kappa shape index (κ1) is 6.17. The molecule has 0 saturated heterocycles. The molecule has 1 aromatic heterocycles. The SMILES string of the molecule is CN.c1cocn1. The number of aromatic nitrogens is 1. The average molecular weight is 100 g/mol. The van der Waals surface area contributed by atoms with Crippen molar-refractivity contribution in [2.75, 3.05) is 7.05 Å². The Kier molecular flexibility index (Phi) is 4.56. The van der Waals surface area contributed by atoms with E-state index in [1.807, 2.05) is 0 Å². The van der Waals surface area contributed by atoms with Crippen molar-refractivity contribution in [3.05, 3.63) is 18.9 Å². The van der Waals surface area contributed by atoms with E-state index in [-0.39, 0.29) is 0 Å². The van der Waals surface area contributed by atoms with Crippen molar-refractivity contribution >= 4 is 0 Å². The zero-order valence-corrected chi connectivity index (χ0v) is 4.16. The lowest BCUT2D eigenvalue weighted by atomic mass is 11.0. The highest BCUT2D eigenvalue weighted by Gasteiger charge is 1.59. The summed E-state index contributed by atoms with van der Waals surface area (Å²) in [6, 6.07) is 0. The Balaban J connectivity index is 0.000000162. The minimum Gasteiger partial charge on any atom is -0.452 e. The van der Waals surface area contributed by atoms with Gasteiger partial charge in [-0.05, 0) is 7.05 Å². The predicted molar refractivity (Wildman–Crippen MR) is 26.6 cm³/mol. The fourth-order valence-electron chi connectivity index (χ4n) is 0.176. The molecule has 0 amide bonds. The highest BCUT2D eigenvalue weighted by atomic mass is 16.3. The molecule has 7 heavy (non-hydrogen) atoms. The summed E-state index contributed by atoms with van der Waals surface area (Å²) in [4.78, 5) is 3.56. The van der Waals surface area contributed by atoms with Gasteiger partial charge in [-0.2, -0.15) is 0 Å². The molecule has 1 heterocycles. The molecule has 3 heteroatoms. The number of oxazole rings is 1. The van der Waals surface area contributed by atoms with Gasteiger partial charge in [-0.1, -0.05) is 0 Å². The Morgan fingerprint density at radius 1 is 1.57 bits per heavy atom. The summed E-state index contributed by atoms with van der Waals surface area (Å²) in [6.45, 7) is 0. The molecule has 1 aromatic rings. The maximum atomic E-state index is 4.50. The normalized spacial score (nSPS) is 6.57. The van der Waals surface area contributed by atoms with Gasteiger partial charge in [0.1, 0.15) is 6.26 Å². The van der Waals surface area contributed by atoms with Crippen LogP contribution < -0.4 is 5.73 Å². The standard InChI is InChI=1S/C3H3NO.CH5N/c1-2-5-3-4-1;1-2/h1-3H;2H2,1H3. The Hall–Kier alpha value is -0.830. The number of nitrogens with two attached hydrogens (primary N) is 1. The van der Waals surface area contributed by atoms with E-state index in [4.69, 9.17) is 0 Å². The molecule has 0 bridgehead atoms. The molecule has 0 aliphatic heterocycles. The van der Waals surface area contributed by atoms with Crippen molar-refractivity contribution in [1.29, 1.82) is 0 Å². The van der Waals surface area contributed by atoms with Crippen LogP contribution in [0.25, 0.3) is 0 Å². The minimum absolute atomic E-state index is 1.38. The van der Waals surface area contributed by atoms with Crippen LogP contribution in [-0.4, -0.2) is 12.0 Å². The lowest BCUT2D eigenvalue weighted by Gasteiger charge is -1.47. The second-order valence-corrected chi connectivity index (χ2v) is 0.676. The van der Waals surface area contributed by atoms with Crippen molar-refractivity contribution in [1.82, 2.24) is 4.98 Å². The molecule has 0 saturated carbocycles. The molecule has 0 aliphatic carbocycles. The molecule has 0 spiro atoms. The van der Waals surface area contributed by atoms with Crippen LogP contribution >= 0.6 is 0 Å². The summed E-state index contributed by atoms with van der Waals surface area (Å²) < 4.78 is 4.47. The van der Waals surface area contributed by atoms with Crippen LogP contribution in [0.15, 0.2) is 23.3 Å². The van der Waals surface area contributed by atoms with Gasteiger partial charge >= 0.3 is 0 Å². The summed E-state index contributed by atoms with van der Waals surface area (Å²) in [5, 5.41) is 0. The largest absolute Gasteiger partial charge is 0.452 e. The van der Waals surface area contributed by atoms with Crippen molar-refractivity contribution in [3.63, 3.8) is 0 Å². The van der Waals surface area contributed by atoms with E-state index in [0.29, 0.717) is 0 Å². The van der Waals surface area contributed by atoms with Gasteiger partial charge in [0.15, 0.2) is 6.39 Å². The zero-order chi connectivity index (χ0) is 5.54. The van der Waals surface area contributed by atoms with Crippen LogP contribution in [0.4, 0.5) is 0 Å². The molecule has 0 radical (unpaired) electrons. The number of nitrogens with zero attached hydrogens (tertiary/aromatic N) is 1. The van der Waals surface area contributed by atoms with E-state index < -0.39 is 0 Å². The van der Waals surface area contributed by atoms with Crippen LogP contribution in [0, 0.1) is 0 Å². The van der Waals surface area contributed by atoms with E-state index in [1.54, 1.807) is 6.20 Å². The molecule has 2 N–H and O–H groups in total. The van der Waals surface area contributed by atoms with Gasteiger partial charge in [-0.25, -0.2) is 4.98 Å². The number of hydrogen-bond acceptors (Lipinski definition) is 3. The van der Waals surface area contributed by atoms with Crippen LogP contribution in [0.2, 0.25) is 0 Å². The molecular weight excluding hydrogens is 92.1 g/mol. The molecule has 3 nitrogen and oxygen atoms in total. The molecule has 40 valence electrons. The third kappa shape index (κ3) is 2.99. The molecule has 0 atom stereocenters. The second kappa shape index (κ2) is 5.17. The van der Waals surface area contributed by atoms with Crippen LogP contribution in [0.5, 0.6) is 0 Å². The van der Waals surface area contributed by atoms with Crippen molar-refractivity contribution in [3.8, 4) is 0 Å². The molecule has 0 unspecified atom stereocenters. The van der Waals surface area contributed by atoms with Crippen LogP contribution in [-0.2, 0) is 0 Å². The van der Waals surface area contributed by atoms with E-state index in [1.165, 1.54) is 19.7 Å². The lowest BCUT2D eigenvalue weighted by molar-refractivity contribution is 0.558. The Morgan fingerprint density at radius 2 is 2.29 bits per heavy atom. The van der Waals surface area contributed by atoms with Gasteiger partial charge in [-0.3, -0.25) is 0 Å². The van der Waals surface area contributed by atoms with Gasteiger partial charge < -0.3 is 10.2 Å². The van der Waals surface area contributed by atoms with Crippen molar-refractivity contribution < 1.29 is 4.42 Å². The van der Waals surface area contributed by atoms with Crippen molar-refractivity contribution in [2.45, 2.75) is 0 Å². The molecule has 0 aliphatic rings. The van der Waals surface area contributed by atoms with E-state index in [0.717, 1.165) is 0 Å². The topological polar surface area (TPSA) is 52.0 Å². The van der Waals surface area contributed by atoms with Crippen LogP contribution in [0.3, 0.4) is 0 Å². The third-order valence-electron chi connectivity index (χ3n) is 0.347. The van der Waals surface area contributed by atoms with Gasteiger partial charge in [-0.15, -0.1) is 0 Å². The zero-order valence-electron chi connectivity index (χ0n) is 4.16. The summed E-state index contributed by atoms with van der Waals surface area (Å²) in [5.41, 5.74) is 4.50. The van der Waals surface area contributed by atoms with E-state index in [9.17, 15) is 0 Å². The first-order valence-electron chi connectivity index (χ1n) is 1.90. The summed E-state index contributed by atoms with van der Waals surface area (Å²) in [6.07, 6.45) is 4.47. The molecule has 0 fully saturated rings. The summed E-state index contributed by atoms with van der Waals surface area (Å²) in [5.74, 6) is 0. The van der Waals surface area contributed by atoms with Gasteiger partial charge in [0.2, 0.25) is 0 Å². The van der Waals surface area contributed by atoms with Crippen LogP contribution in [0.1, 0.15) is 0 Å². The monoisotopic (exact) mass is 100 g/mol. The van der Waals surface area contributed by atoms with Crippen molar-refractivity contribution in [2.24, 2.45) is 5.73 Å². The average Bonchev–Trinajstić information content (AvgIpc) is 2.23. The predicted octanol–water partition coefficient (Wildman–Crippen LogP) is 0.249. The minimum atomic E-state index is 1.38. The van der Waals surface area contributed by atoms with E-state index >= 15 is 0 Å². The maximum Gasteiger partial charge on any atom is 0.180 e. The highest BCUT2D eigenvalue weighted by molar-refractivity contribution is 4.56. The maximum absolute atomic E-state index is 4.50. The third-order valence-corrected chi connectivity index (χ3v) is 0.347. The summed E-state index contributed by atoms with van der Waals surface area (Å²) >= 11 is 0.